The minimum atomic E-state index is -0.170. The van der Waals surface area contributed by atoms with Gasteiger partial charge in [0.2, 0.25) is 11.8 Å². The van der Waals surface area contributed by atoms with Crippen molar-refractivity contribution in [2.45, 2.75) is 44.2 Å². The fourth-order valence-electron chi connectivity index (χ4n) is 3.33. The molecule has 1 saturated heterocycles. The van der Waals surface area contributed by atoms with E-state index in [2.05, 4.69) is 5.32 Å². The number of carbonyl (C=O) groups is 2. The Bertz CT molecular complexity index is 338. The molecule has 0 aromatic rings. The molecule has 3 aliphatic rings. The van der Waals surface area contributed by atoms with E-state index in [9.17, 15) is 9.59 Å². The standard InChI is InChI=1S/C12H18N2O2/c1-13-11(15)10-8-4-5-9(6-8)14(10)12(16)7-2-3-7/h7-10H,2-6H2,1H3,(H,13,15). The molecule has 4 heteroatoms. The summed E-state index contributed by atoms with van der Waals surface area (Å²) in [6, 6.07) is 0.178. The van der Waals surface area contributed by atoms with Gasteiger partial charge in [-0.25, -0.2) is 0 Å². The summed E-state index contributed by atoms with van der Waals surface area (Å²) in [5.74, 6) is 0.904. The summed E-state index contributed by atoms with van der Waals surface area (Å²) < 4.78 is 0. The molecule has 88 valence electrons. The van der Waals surface area contributed by atoms with Gasteiger partial charge in [0.1, 0.15) is 6.04 Å². The van der Waals surface area contributed by atoms with Gasteiger partial charge in [0, 0.05) is 19.0 Å². The monoisotopic (exact) mass is 222 g/mol. The van der Waals surface area contributed by atoms with Crippen LogP contribution in [0.2, 0.25) is 0 Å². The number of rotatable bonds is 2. The molecule has 0 aromatic carbocycles. The van der Waals surface area contributed by atoms with Crippen molar-refractivity contribution >= 4 is 11.8 Å². The second-order valence-electron chi connectivity index (χ2n) is 5.31. The van der Waals surface area contributed by atoms with Gasteiger partial charge in [0.15, 0.2) is 0 Å². The van der Waals surface area contributed by atoms with Crippen molar-refractivity contribution < 1.29 is 9.59 Å². The van der Waals surface area contributed by atoms with Crippen molar-refractivity contribution in [3.8, 4) is 0 Å². The first-order valence-corrected chi connectivity index (χ1v) is 6.26. The molecular weight excluding hydrogens is 204 g/mol. The van der Waals surface area contributed by atoms with Gasteiger partial charge < -0.3 is 10.2 Å². The number of nitrogens with zero attached hydrogens (tertiary/aromatic N) is 1. The molecule has 1 heterocycles. The van der Waals surface area contributed by atoms with Crippen LogP contribution in [0.5, 0.6) is 0 Å². The smallest absolute Gasteiger partial charge is 0.242 e. The normalized spacial score (nSPS) is 36.6. The van der Waals surface area contributed by atoms with Gasteiger partial charge in [-0.3, -0.25) is 9.59 Å². The van der Waals surface area contributed by atoms with Crippen LogP contribution < -0.4 is 5.32 Å². The maximum Gasteiger partial charge on any atom is 0.242 e. The number of piperidine rings is 1. The van der Waals surface area contributed by atoms with E-state index < -0.39 is 0 Å². The van der Waals surface area contributed by atoms with Crippen LogP contribution in [-0.4, -0.2) is 35.8 Å². The molecule has 0 radical (unpaired) electrons. The first-order valence-electron chi connectivity index (χ1n) is 6.26. The number of hydrogen-bond donors (Lipinski definition) is 1. The molecule has 2 saturated carbocycles. The van der Waals surface area contributed by atoms with E-state index in [4.69, 9.17) is 0 Å². The van der Waals surface area contributed by atoms with Gasteiger partial charge in [-0.15, -0.1) is 0 Å². The lowest BCUT2D eigenvalue weighted by molar-refractivity contribution is -0.143. The van der Waals surface area contributed by atoms with Gasteiger partial charge in [0.05, 0.1) is 0 Å². The van der Waals surface area contributed by atoms with Crippen molar-refractivity contribution in [1.29, 1.82) is 0 Å². The van der Waals surface area contributed by atoms with Crippen molar-refractivity contribution in [3.05, 3.63) is 0 Å². The Hall–Kier alpha value is -1.06. The molecule has 4 nitrogen and oxygen atoms in total. The average Bonchev–Trinajstić information content (AvgIpc) is 2.96. The number of amides is 2. The van der Waals surface area contributed by atoms with Gasteiger partial charge in [-0.2, -0.15) is 0 Å². The summed E-state index contributed by atoms with van der Waals surface area (Å²) in [5, 5.41) is 2.70. The van der Waals surface area contributed by atoms with Crippen LogP contribution in [-0.2, 0) is 9.59 Å². The predicted octanol–water partition coefficient (Wildman–Crippen LogP) is 0.522. The summed E-state index contributed by atoms with van der Waals surface area (Å²) in [5.41, 5.74) is 0. The first-order chi connectivity index (χ1) is 7.72. The minimum absolute atomic E-state index is 0.0289. The Kier molecular flexibility index (Phi) is 2.19. The van der Waals surface area contributed by atoms with E-state index in [0.29, 0.717) is 12.0 Å². The van der Waals surface area contributed by atoms with Crippen LogP contribution in [0.25, 0.3) is 0 Å². The summed E-state index contributed by atoms with van der Waals surface area (Å²) in [6.07, 6.45) is 5.28. The van der Waals surface area contributed by atoms with Gasteiger partial charge in [-0.05, 0) is 38.0 Å². The number of hydrogen-bond acceptors (Lipinski definition) is 2. The molecule has 2 amide bonds. The van der Waals surface area contributed by atoms with Gasteiger partial charge >= 0.3 is 0 Å². The topological polar surface area (TPSA) is 49.4 Å². The number of carbonyl (C=O) groups excluding carboxylic acids is 2. The molecule has 2 bridgehead atoms. The van der Waals surface area contributed by atoms with E-state index in [-0.39, 0.29) is 23.8 Å². The summed E-state index contributed by atoms with van der Waals surface area (Å²) in [7, 11) is 1.66. The third kappa shape index (κ3) is 1.35. The lowest BCUT2D eigenvalue weighted by atomic mass is 9.97. The van der Waals surface area contributed by atoms with Crippen LogP contribution in [0.3, 0.4) is 0 Å². The summed E-state index contributed by atoms with van der Waals surface area (Å²) in [6.45, 7) is 0. The zero-order chi connectivity index (χ0) is 11.3. The molecule has 16 heavy (non-hydrogen) atoms. The molecule has 3 rings (SSSR count). The van der Waals surface area contributed by atoms with E-state index >= 15 is 0 Å². The highest BCUT2D eigenvalue weighted by Crippen LogP contribution is 2.45. The predicted molar refractivity (Wildman–Crippen MR) is 58.6 cm³/mol. The number of likely N-dealkylation sites (tertiary alicyclic amines) is 1. The minimum Gasteiger partial charge on any atom is -0.357 e. The Morgan fingerprint density at radius 1 is 1.19 bits per heavy atom. The Labute approximate surface area is 95.4 Å². The highest BCUT2D eigenvalue weighted by Gasteiger charge is 2.53. The van der Waals surface area contributed by atoms with Gasteiger partial charge in [-0.1, -0.05) is 0 Å². The Morgan fingerprint density at radius 3 is 2.56 bits per heavy atom. The highest BCUT2D eigenvalue weighted by molar-refractivity contribution is 5.90. The second kappa shape index (κ2) is 3.47. The molecule has 0 spiro atoms. The highest BCUT2D eigenvalue weighted by atomic mass is 16.2. The maximum absolute atomic E-state index is 12.2. The third-order valence-electron chi connectivity index (χ3n) is 4.28. The molecule has 3 fully saturated rings. The van der Waals surface area contributed by atoms with Crippen molar-refractivity contribution in [3.63, 3.8) is 0 Å². The zero-order valence-corrected chi connectivity index (χ0v) is 9.61. The number of fused-ring (bicyclic) bond motifs is 2. The first kappa shape index (κ1) is 10.1. The molecule has 2 aliphatic carbocycles. The van der Waals surface area contributed by atoms with Crippen molar-refractivity contribution in [2.75, 3.05) is 7.05 Å². The lowest BCUT2D eigenvalue weighted by Crippen LogP contribution is -2.52. The largest absolute Gasteiger partial charge is 0.357 e. The summed E-state index contributed by atoms with van der Waals surface area (Å²) >= 11 is 0. The van der Waals surface area contributed by atoms with E-state index in [0.717, 1.165) is 32.1 Å². The van der Waals surface area contributed by atoms with E-state index in [1.807, 2.05) is 4.90 Å². The lowest BCUT2D eigenvalue weighted by Gasteiger charge is -2.34. The molecule has 3 atom stereocenters. The molecule has 1 aliphatic heterocycles. The van der Waals surface area contributed by atoms with E-state index in [1.54, 1.807) is 7.05 Å². The Morgan fingerprint density at radius 2 is 1.94 bits per heavy atom. The number of nitrogens with one attached hydrogen (secondary N) is 1. The molecule has 0 aromatic heterocycles. The SMILES string of the molecule is CNC(=O)C1C2CCC(C2)N1C(=O)C1CC1. The zero-order valence-electron chi connectivity index (χ0n) is 9.61. The average molecular weight is 222 g/mol. The van der Waals surface area contributed by atoms with E-state index in [1.165, 1.54) is 0 Å². The molecule has 1 N–H and O–H groups in total. The van der Waals surface area contributed by atoms with Crippen LogP contribution in [0.4, 0.5) is 0 Å². The van der Waals surface area contributed by atoms with Crippen LogP contribution >= 0.6 is 0 Å². The van der Waals surface area contributed by atoms with Crippen LogP contribution in [0.15, 0.2) is 0 Å². The second-order valence-corrected chi connectivity index (χ2v) is 5.31. The van der Waals surface area contributed by atoms with Gasteiger partial charge in [0.25, 0.3) is 0 Å². The molecular formula is C12H18N2O2. The summed E-state index contributed by atoms with van der Waals surface area (Å²) in [4.78, 5) is 25.9. The maximum atomic E-state index is 12.2. The Balaban J connectivity index is 1.83. The number of likely N-dealkylation sites (N-methyl/N-ethyl adjacent to an activating group) is 1. The fourth-order valence-corrected chi connectivity index (χ4v) is 3.33. The van der Waals surface area contributed by atoms with Crippen molar-refractivity contribution in [2.24, 2.45) is 11.8 Å². The quantitative estimate of drug-likeness (QED) is 0.740. The van der Waals surface area contributed by atoms with Crippen LogP contribution in [0, 0.1) is 11.8 Å². The molecule has 3 unspecified atom stereocenters. The van der Waals surface area contributed by atoms with Crippen LogP contribution in [0.1, 0.15) is 32.1 Å². The fraction of sp³-hybridized carbons (Fsp3) is 0.833. The van der Waals surface area contributed by atoms with Crippen molar-refractivity contribution in [1.82, 2.24) is 10.2 Å². The third-order valence-corrected chi connectivity index (χ3v) is 4.28.